The summed E-state index contributed by atoms with van der Waals surface area (Å²) in [5.41, 5.74) is 3.80. The highest BCUT2D eigenvalue weighted by Gasteiger charge is 2.50. The summed E-state index contributed by atoms with van der Waals surface area (Å²) in [7, 11) is 0. The zero-order chi connectivity index (χ0) is 39.1. The Hall–Kier alpha value is -6.51. The minimum Gasteiger partial charge on any atom is -0.458 e. The number of hydrogen-bond acceptors (Lipinski definition) is 11. The summed E-state index contributed by atoms with van der Waals surface area (Å²) in [5.74, 6) is -1.87. The van der Waals surface area contributed by atoms with Gasteiger partial charge in [-0.1, -0.05) is 57.2 Å². The molecule has 0 saturated heterocycles. The summed E-state index contributed by atoms with van der Waals surface area (Å²) < 4.78 is 19.3. The molecule has 2 atom stereocenters. The third-order valence-corrected chi connectivity index (χ3v) is 11.4. The van der Waals surface area contributed by atoms with Crippen molar-refractivity contribution in [1.82, 2.24) is 19.1 Å². The average molecular weight is 771 g/mol. The molecule has 0 fully saturated rings. The van der Waals surface area contributed by atoms with E-state index in [1.165, 1.54) is 0 Å². The molecule has 0 radical (unpaired) electrons. The summed E-state index contributed by atoms with van der Waals surface area (Å²) in [4.78, 5) is 72.9. The highest BCUT2D eigenvalue weighted by molar-refractivity contribution is 5.89. The molecule has 0 amide bonds. The summed E-state index contributed by atoms with van der Waals surface area (Å²) in [5, 5.41) is 12.8. The number of fused-ring (bicyclic) bond motifs is 10. The van der Waals surface area contributed by atoms with E-state index in [2.05, 4.69) is 0 Å². The fourth-order valence-corrected chi connectivity index (χ4v) is 8.27. The van der Waals surface area contributed by atoms with Crippen molar-refractivity contribution in [3.8, 4) is 22.8 Å². The van der Waals surface area contributed by atoms with Crippen LogP contribution in [0, 0.1) is 0 Å². The lowest BCUT2D eigenvalue weighted by molar-refractivity contribution is -0.189. The van der Waals surface area contributed by atoms with Crippen molar-refractivity contribution in [3.63, 3.8) is 0 Å². The molecular formula is C43H38N4O10. The third-order valence-electron chi connectivity index (χ3n) is 11.4. The lowest BCUT2D eigenvalue weighted by Crippen LogP contribution is -2.47. The maximum atomic E-state index is 13.3. The van der Waals surface area contributed by atoms with E-state index in [1.54, 1.807) is 42.0 Å². The number of cyclic esters (lactones) is 2. The smallest absolute Gasteiger partial charge is 0.355 e. The Morgan fingerprint density at radius 2 is 1.21 bits per heavy atom. The molecule has 4 aromatic heterocycles. The summed E-state index contributed by atoms with van der Waals surface area (Å²) >= 11 is 0. The van der Waals surface area contributed by atoms with E-state index < -0.39 is 29.1 Å². The predicted molar refractivity (Wildman–Crippen MR) is 207 cm³/mol. The molecule has 4 aliphatic heterocycles. The molecule has 3 N–H and O–H groups in total. The highest BCUT2D eigenvalue weighted by Crippen LogP contribution is 2.42. The van der Waals surface area contributed by atoms with Gasteiger partial charge in [0.05, 0.1) is 58.0 Å². The summed E-state index contributed by atoms with van der Waals surface area (Å²) in [6.07, 6.45) is 0.426. The molecule has 14 heteroatoms. The number of rotatable bonds is 4. The van der Waals surface area contributed by atoms with Crippen LogP contribution in [0.4, 0.5) is 0 Å². The number of aliphatic hydroxyl groups is 1. The molecule has 0 aliphatic carbocycles. The zero-order valence-corrected chi connectivity index (χ0v) is 31.4. The van der Waals surface area contributed by atoms with Crippen molar-refractivity contribution >= 4 is 39.7 Å². The van der Waals surface area contributed by atoms with Gasteiger partial charge in [-0.2, -0.15) is 0 Å². The topological polar surface area (TPSA) is 200 Å². The highest BCUT2D eigenvalue weighted by atomic mass is 16.6. The number of nitrogens with zero attached hydrogens (tertiary/aromatic N) is 4. The van der Waals surface area contributed by atoms with Crippen molar-refractivity contribution < 1.29 is 39.2 Å². The van der Waals surface area contributed by atoms with E-state index >= 15 is 0 Å². The first-order valence-corrected chi connectivity index (χ1v) is 18.6. The molecule has 0 saturated carbocycles. The molecule has 0 spiro atoms. The fourth-order valence-electron chi connectivity index (χ4n) is 8.27. The van der Waals surface area contributed by atoms with Gasteiger partial charge >= 0.3 is 17.9 Å². The largest absolute Gasteiger partial charge is 0.458 e. The van der Waals surface area contributed by atoms with Crippen LogP contribution in [0.1, 0.15) is 73.4 Å². The van der Waals surface area contributed by atoms with Crippen LogP contribution in [-0.2, 0) is 66.1 Å². The number of ether oxygens (including phenoxy) is 3. The average Bonchev–Trinajstić information content (AvgIpc) is 3.76. The Bertz CT molecular complexity index is 2840. The second-order valence-electron chi connectivity index (χ2n) is 14.4. The number of para-hydroxylation sites is 2. The second-order valence-corrected chi connectivity index (χ2v) is 14.4. The van der Waals surface area contributed by atoms with Crippen LogP contribution in [0.2, 0.25) is 0 Å². The molecule has 8 heterocycles. The molecule has 10 rings (SSSR count). The Balaban J connectivity index is 0.000000158. The van der Waals surface area contributed by atoms with Gasteiger partial charge in [-0.15, -0.1) is 0 Å². The Morgan fingerprint density at radius 1 is 0.719 bits per heavy atom. The van der Waals surface area contributed by atoms with Crippen molar-refractivity contribution in [1.29, 1.82) is 0 Å². The summed E-state index contributed by atoms with van der Waals surface area (Å²) in [6.45, 7) is 5.67. The predicted octanol–water partition coefficient (Wildman–Crippen LogP) is 4.30. The molecule has 14 nitrogen and oxygen atoms in total. The maximum absolute atomic E-state index is 13.3. The normalized spacial score (nSPS) is 19.4. The van der Waals surface area contributed by atoms with Crippen LogP contribution in [0.5, 0.6) is 0 Å². The monoisotopic (exact) mass is 770 g/mol. The number of esters is 3. The van der Waals surface area contributed by atoms with Gasteiger partial charge < -0.3 is 33.9 Å². The molecule has 0 unspecified atom stereocenters. The van der Waals surface area contributed by atoms with Crippen LogP contribution in [0.25, 0.3) is 44.6 Å². The van der Waals surface area contributed by atoms with E-state index in [9.17, 15) is 29.1 Å². The van der Waals surface area contributed by atoms with E-state index in [-0.39, 0.29) is 49.1 Å². The first-order chi connectivity index (χ1) is 27.0. The van der Waals surface area contributed by atoms with E-state index in [0.29, 0.717) is 52.4 Å². The number of carbonyl (C=O) groups excluding carboxylic acids is 3. The van der Waals surface area contributed by atoms with Crippen LogP contribution in [-0.4, -0.2) is 47.6 Å². The van der Waals surface area contributed by atoms with Crippen molar-refractivity contribution in [2.45, 2.75) is 77.5 Å². The number of carbonyl (C=O) groups is 3. The number of benzene rings is 2. The first-order valence-electron chi connectivity index (χ1n) is 18.6. The van der Waals surface area contributed by atoms with Crippen molar-refractivity contribution in [2.75, 3.05) is 0 Å². The molecule has 4 aliphatic rings. The number of aromatic nitrogens is 4. The van der Waals surface area contributed by atoms with Crippen LogP contribution >= 0.6 is 0 Å². The van der Waals surface area contributed by atoms with Crippen molar-refractivity contribution in [2.24, 2.45) is 0 Å². The SMILES string of the molecule is CCC(=O)O[C@]1(CC)C(=O)OCc2c1cc1n(c2=O)Cc2cc3ccccc3nc2-1.CC[C@@]1(O)C(=O)OCc2c1cc1n(c2=O)Cc2cc3ccccc3nc2-1.O. The molecular weight excluding hydrogens is 732 g/mol. The Morgan fingerprint density at radius 3 is 1.72 bits per heavy atom. The van der Waals surface area contributed by atoms with Gasteiger partial charge in [0.1, 0.15) is 13.2 Å². The van der Waals surface area contributed by atoms with Crippen LogP contribution in [0.15, 0.2) is 82.4 Å². The molecule has 0 bridgehead atoms. The van der Waals surface area contributed by atoms with E-state index in [1.807, 2.05) is 60.7 Å². The summed E-state index contributed by atoms with van der Waals surface area (Å²) in [6, 6.07) is 23.1. The van der Waals surface area contributed by atoms with Gasteiger partial charge in [0.15, 0.2) is 5.60 Å². The molecule has 2 aromatic carbocycles. The van der Waals surface area contributed by atoms with Gasteiger partial charge in [0.25, 0.3) is 11.1 Å². The van der Waals surface area contributed by atoms with Crippen LogP contribution < -0.4 is 11.1 Å². The number of hydrogen-bond donors (Lipinski definition) is 1. The lowest BCUT2D eigenvalue weighted by Gasteiger charge is -2.35. The fraction of sp³-hybridized carbons (Fsp3) is 0.279. The van der Waals surface area contributed by atoms with Gasteiger partial charge in [-0.05, 0) is 49.2 Å². The van der Waals surface area contributed by atoms with Crippen LogP contribution in [0.3, 0.4) is 0 Å². The molecule has 57 heavy (non-hydrogen) atoms. The standard InChI is InChI=1S/C23H20N2O5.C20H16N2O4.H2O/c1-3-19(26)30-23(4-2)16-10-18-20-14(9-13-7-5-6-8-17(13)24-20)11-25(18)21(27)15(16)12-29-22(23)28;1-2-20(25)14-8-16-17-12(7-11-5-3-4-6-15(11)21-17)9-22(16)18(23)13(14)10-26-19(20)24;/h5-10H,3-4,11-12H2,1-2H3;3-8,25H,2,9-10H2,1H3;1H2/t23-;20-;/m00./s1. The van der Waals surface area contributed by atoms with E-state index in [4.69, 9.17) is 24.2 Å². The van der Waals surface area contributed by atoms with E-state index in [0.717, 1.165) is 38.6 Å². The minimum absolute atomic E-state index is 0. The quantitative estimate of drug-likeness (QED) is 0.198. The first kappa shape index (κ1) is 37.4. The molecule has 290 valence electrons. The minimum atomic E-state index is -1.79. The molecule has 6 aromatic rings. The zero-order valence-electron chi connectivity index (χ0n) is 31.4. The van der Waals surface area contributed by atoms with Gasteiger partial charge in [-0.25, -0.2) is 19.6 Å². The Labute approximate surface area is 324 Å². The third kappa shape index (κ3) is 5.50. The van der Waals surface area contributed by atoms with Gasteiger partial charge in [0, 0.05) is 39.4 Å². The second kappa shape index (κ2) is 13.6. The van der Waals surface area contributed by atoms with Crippen molar-refractivity contribution in [3.05, 3.63) is 127 Å². The van der Waals surface area contributed by atoms with Gasteiger partial charge in [0.2, 0.25) is 5.60 Å². The maximum Gasteiger partial charge on any atom is 0.355 e. The lowest BCUT2D eigenvalue weighted by atomic mass is 9.85. The van der Waals surface area contributed by atoms with Gasteiger partial charge in [-0.3, -0.25) is 14.4 Å². The Kier molecular flexibility index (Phi) is 8.93. The number of pyridine rings is 4.